The van der Waals surface area contributed by atoms with E-state index in [-0.39, 0.29) is 5.41 Å². The zero-order valence-electron chi connectivity index (χ0n) is 30.7. The molecule has 0 nitrogen and oxygen atoms in total. The Balaban J connectivity index is 1.29. The summed E-state index contributed by atoms with van der Waals surface area (Å²) in [5.74, 6) is 0. The lowest BCUT2D eigenvalue weighted by Gasteiger charge is -2.23. The lowest BCUT2D eigenvalue weighted by atomic mass is 9.80. The first-order chi connectivity index (χ1) is 26.6. The first-order valence-electron chi connectivity index (χ1n) is 19.1. The van der Waals surface area contributed by atoms with Gasteiger partial charge in [0, 0.05) is 5.41 Å². The van der Waals surface area contributed by atoms with E-state index in [1.807, 2.05) is 0 Å². The maximum atomic E-state index is 2.47. The largest absolute Gasteiger partial charge is 0.0801 e. The summed E-state index contributed by atoms with van der Waals surface area (Å²) in [5.41, 5.74) is 18.0. The second kappa shape index (κ2) is 12.9. The molecule has 2 aliphatic rings. The molecule has 54 heavy (non-hydrogen) atoms. The van der Waals surface area contributed by atoms with Crippen molar-refractivity contribution in [2.45, 2.75) is 25.7 Å². The Morgan fingerprint density at radius 1 is 0.370 bits per heavy atom. The van der Waals surface area contributed by atoms with Crippen LogP contribution in [-0.2, 0) is 5.41 Å². The number of fused-ring (bicyclic) bond motifs is 5. The van der Waals surface area contributed by atoms with Gasteiger partial charge in [-0.05, 0) is 118 Å². The monoisotopic (exact) mass is 688 g/mol. The van der Waals surface area contributed by atoms with E-state index in [4.69, 9.17) is 0 Å². The molecular weight excluding hydrogens is 649 g/mol. The van der Waals surface area contributed by atoms with Crippen molar-refractivity contribution in [1.82, 2.24) is 0 Å². The second-order valence-corrected chi connectivity index (χ2v) is 15.2. The van der Waals surface area contributed by atoms with Gasteiger partial charge in [0.25, 0.3) is 0 Å². The molecule has 8 aromatic carbocycles. The van der Waals surface area contributed by atoms with Crippen LogP contribution in [0.1, 0.15) is 37.0 Å². The van der Waals surface area contributed by atoms with E-state index in [9.17, 15) is 0 Å². The molecule has 0 atom stereocenters. The first-order valence-corrected chi connectivity index (χ1v) is 19.1. The highest BCUT2D eigenvalue weighted by atomic mass is 14.4. The second-order valence-electron chi connectivity index (χ2n) is 15.2. The first kappa shape index (κ1) is 32.2. The van der Waals surface area contributed by atoms with Crippen molar-refractivity contribution < 1.29 is 0 Å². The summed E-state index contributed by atoms with van der Waals surface area (Å²) in [6.07, 6.45) is 11.9. The van der Waals surface area contributed by atoms with Crippen LogP contribution in [0.3, 0.4) is 0 Å². The molecule has 256 valence electrons. The van der Waals surface area contributed by atoms with E-state index >= 15 is 0 Å². The fourth-order valence-corrected chi connectivity index (χ4v) is 9.15. The molecule has 0 amide bonds. The van der Waals surface area contributed by atoms with Crippen LogP contribution < -0.4 is 0 Å². The minimum atomic E-state index is -0.0667. The minimum Gasteiger partial charge on any atom is -0.0801 e. The van der Waals surface area contributed by atoms with E-state index < -0.39 is 0 Å². The molecule has 0 heteroatoms. The summed E-state index contributed by atoms with van der Waals surface area (Å²) < 4.78 is 0. The SMILES string of the molecule is CC1(C)c2ccccc2-c2ccc(-c3ccc4c(-c5ccccc5-c5ccccc5)c5ccccc5c(-c5ccccc5C5=CC=CC=CC5)c4c3)cc21. The van der Waals surface area contributed by atoms with E-state index in [0.29, 0.717) is 0 Å². The van der Waals surface area contributed by atoms with Crippen LogP contribution in [0, 0.1) is 0 Å². The third kappa shape index (κ3) is 5.13. The molecule has 0 spiro atoms. The van der Waals surface area contributed by atoms with Crippen LogP contribution in [0.25, 0.3) is 82.8 Å². The maximum absolute atomic E-state index is 2.47. The fourth-order valence-electron chi connectivity index (χ4n) is 9.15. The summed E-state index contributed by atoms with van der Waals surface area (Å²) in [6.45, 7) is 4.73. The maximum Gasteiger partial charge on any atom is 0.0159 e. The smallest absolute Gasteiger partial charge is 0.0159 e. The number of hydrogen-bond acceptors (Lipinski definition) is 0. The van der Waals surface area contributed by atoms with Crippen LogP contribution >= 0.6 is 0 Å². The average Bonchev–Trinajstić information content (AvgIpc) is 3.38. The van der Waals surface area contributed by atoms with E-state index in [2.05, 4.69) is 208 Å². The van der Waals surface area contributed by atoms with Gasteiger partial charge in [-0.1, -0.05) is 196 Å². The lowest BCUT2D eigenvalue weighted by Crippen LogP contribution is -2.14. The third-order valence-corrected chi connectivity index (χ3v) is 11.8. The molecule has 0 aromatic heterocycles. The molecule has 0 unspecified atom stereocenters. The third-order valence-electron chi connectivity index (χ3n) is 11.8. The van der Waals surface area contributed by atoms with Crippen LogP contribution in [0.4, 0.5) is 0 Å². The molecule has 8 aromatic rings. The number of benzene rings is 8. The van der Waals surface area contributed by atoms with Gasteiger partial charge >= 0.3 is 0 Å². The summed E-state index contributed by atoms with van der Waals surface area (Å²) >= 11 is 0. The van der Waals surface area contributed by atoms with Crippen LogP contribution in [0.5, 0.6) is 0 Å². The van der Waals surface area contributed by atoms with Gasteiger partial charge in [0.2, 0.25) is 0 Å². The number of allylic oxidation sites excluding steroid dienone is 6. The van der Waals surface area contributed by atoms with Crippen LogP contribution in [0.15, 0.2) is 194 Å². The quantitative estimate of drug-likeness (QED) is 0.158. The number of hydrogen-bond donors (Lipinski definition) is 0. The van der Waals surface area contributed by atoms with Gasteiger partial charge in [0.15, 0.2) is 0 Å². The molecule has 0 fully saturated rings. The Morgan fingerprint density at radius 3 is 1.70 bits per heavy atom. The molecule has 2 aliphatic carbocycles. The van der Waals surface area contributed by atoms with E-state index in [1.54, 1.807) is 0 Å². The predicted octanol–water partition coefficient (Wildman–Crippen LogP) is 14.9. The zero-order valence-corrected chi connectivity index (χ0v) is 30.7. The van der Waals surface area contributed by atoms with Gasteiger partial charge in [0.1, 0.15) is 0 Å². The van der Waals surface area contributed by atoms with Gasteiger partial charge in [0.05, 0.1) is 0 Å². The van der Waals surface area contributed by atoms with E-state index in [1.165, 1.54) is 99.4 Å². The minimum absolute atomic E-state index is 0.0667. The molecular formula is C54H40. The van der Waals surface area contributed by atoms with Crippen molar-refractivity contribution in [1.29, 1.82) is 0 Å². The van der Waals surface area contributed by atoms with E-state index in [0.717, 1.165) is 6.42 Å². The molecule has 0 bridgehead atoms. The van der Waals surface area contributed by atoms with Gasteiger partial charge in [-0.2, -0.15) is 0 Å². The summed E-state index contributed by atoms with van der Waals surface area (Å²) in [5, 5.41) is 5.05. The highest BCUT2D eigenvalue weighted by molar-refractivity contribution is 6.23. The molecule has 0 aliphatic heterocycles. The van der Waals surface area contributed by atoms with Gasteiger partial charge < -0.3 is 0 Å². The normalized spacial score (nSPS) is 14.1. The summed E-state index contributed by atoms with van der Waals surface area (Å²) in [4.78, 5) is 0. The van der Waals surface area contributed by atoms with Crippen LogP contribution in [-0.4, -0.2) is 0 Å². The summed E-state index contributed by atoms with van der Waals surface area (Å²) in [6, 6.07) is 61.1. The van der Waals surface area contributed by atoms with Gasteiger partial charge in [-0.3, -0.25) is 0 Å². The molecule has 0 saturated heterocycles. The van der Waals surface area contributed by atoms with Crippen molar-refractivity contribution in [3.63, 3.8) is 0 Å². The van der Waals surface area contributed by atoms with Crippen molar-refractivity contribution in [3.8, 4) is 55.6 Å². The summed E-state index contributed by atoms with van der Waals surface area (Å²) in [7, 11) is 0. The molecule has 0 heterocycles. The standard InChI is InChI=1S/C54H40/c1-54(2)50-29-17-16-24-42(50)43-32-30-39(35-51(43)54)38-31-33-48-49(34-38)53(45-26-13-11-23-41(45)36-18-6-3-4-7-19-36)47-28-15-14-27-46(47)52(48)44-25-12-10-22-40(44)37-20-8-5-9-21-37/h3-18,20-35H,19H2,1-2H3. The average molecular weight is 689 g/mol. The highest BCUT2D eigenvalue weighted by Crippen LogP contribution is 2.51. The topological polar surface area (TPSA) is 0 Å². The van der Waals surface area contributed by atoms with Crippen molar-refractivity contribution in [3.05, 3.63) is 211 Å². The Labute approximate surface area is 318 Å². The molecule has 0 radical (unpaired) electrons. The van der Waals surface area contributed by atoms with Gasteiger partial charge in [-0.15, -0.1) is 0 Å². The zero-order chi connectivity index (χ0) is 36.2. The Bertz CT molecular complexity index is 2860. The number of rotatable bonds is 5. The highest BCUT2D eigenvalue weighted by Gasteiger charge is 2.35. The Hall–Kier alpha value is -6.50. The van der Waals surface area contributed by atoms with Crippen LogP contribution in [0.2, 0.25) is 0 Å². The van der Waals surface area contributed by atoms with Crippen molar-refractivity contribution >= 4 is 27.1 Å². The lowest BCUT2D eigenvalue weighted by molar-refractivity contribution is 0.660. The van der Waals surface area contributed by atoms with Crippen molar-refractivity contribution in [2.75, 3.05) is 0 Å². The van der Waals surface area contributed by atoms with Gasteiger partial charge in [-0.25, -0.2) is 0 Å². The fraction of sp³-hybridized carbons (Fsp3) is 0.0741. The molecule has 10 rings (SSSR count). The molecule has 0 saturated carbocycles. The Kier molecular flexibility index (Phi) is 7.67. The predicted molar refractivity (Wildman–Crippen MR) is 232 cm³/mol. The Morgan fingerprint density at radius 2 is 0.926 bits per heavy atom. The molecule has 0 N–H and O–H groups in total. The van der Waals surface area contributed by atoms with Crippen molar-refractivity contribution in [2.24, 2.45) is 0 Å².